The van der Waals surface area contributed by atoms with Gasteiger partial charge in [0.15, 0.2) is 0 Å². The van der Waals surface area contributed by atoms with E-state index in [1.165, 1.54) is 0 Å². The van der Waals surface area contributed by atoms with E-state index in [4.69, 9.17) is 0 Å². The van der Waals surface area contributed by atoms with Crippen LogP contribution in [0.1, 0.15) is 6.92 Å². The third kappa shape index (κ3) is 4.65. The average Bonchev–Trinajstić information content (AvgIpc) is 2.37. The zero-order valence-corrected chi connectivity index (χ0v) is 11.4. The Morgan fingerprint density at radius 2 is 2.30 bits per heavy atom. The Labute approximate surface area is 116 Å². The zero-order valence-electron chi connectivity index (χ0n) is 11.4. The van der Waals surface area contributed by atoms with E-state index in [0.29, 0.717) is 0 Å². The molecule has 0 aliphatic carbocycles. The normalized spacial score (nSPS) is 20.4. The number of amidine groups is 1. The minimum atomic E-state index is -4.40. The number of alkyl halides is 3. The number of rotatable bonds is 5. The van der Waals surface area contributed by atoms with Gasteiger partial charge >= 0.3 is 6.18 Å². The van der Waals surface area contributed by atoms with Crippen LogP contribution in [0.5, 0.6) is 0 Å². The first-order valence-corrected chi connectivity index (χ1v) is 5.93. The largest absolute Gasteiger partial charge is 0.416 e. The second kappa shape index (κ2) is 7.04. The summed E-state index contributed by atoms with van der Waals surface area (Å²) in [5, 5.41) is 3.06. The molecule has 20 heavy (non-hydrogen) atoms. The first-order valence-electron chi connectivity index (χ1n) is 5.93. The number of nitrogens with one attached hydrogen (secondary N) is 1. The third-order valence-corrected chi connectivity index (χ3v) is 2.76. The third-order valence-electron chi connectivity index (χ3n) is 2.76. The van der Waals surface area contributed by atoms with Crippen molar-refractivity contribution in [2.24, 2.45) is 9.98 Å². The average molecular weight is 286 g/mol. The Morgan fingerprint density at radius 3 is 2.90 bits per heavy atom. The van der Waals surface area contributed by atoms with Crippen LogP contribution in [0.3, 0.4) is 0 Å². The van der Waals surface area contributed by atoms with Crippen molar-refractivity contribution in [3.05, 3.63) is 36.6 Å². The van der Waals surface area contributed by atoms with Crippen molar-refractivity contribution in [3.8, 4) is 0 Å². The van der Waals surface area contributed by atoms with Gasteiger partial charge in [0.1, 0.15) is 12.0 Å². The van der Waals surface area contributed by atoms with Crippen molar-refractivity contribution in [2.45, 2.75) is 19.3 Å². The molecule has 0 radical (unpaired) electrons. The van der Waals surface area contributed by atoms with Crippen molar-refractivity contribution in [2.75, 3.05) is 13.7 Å². The van der Waals surface area contributed by atoms with Gasteiger partial charge in [-0.1, -0.05) is 12.7 Å². The van der Waals surface area contributed by atoms with Gasteiger partial charge in [-0.2, -0.15) is 13.2 Å². The first-order chi connectivity index (χ1) is 9.36. The molecule has 0 saturated heterocycles. The highest BCUT2D eigenvalue weighted by molar-refractivity contribution is 5.81. The van der Waals surface area contributed by atoms with E-state index in [9.17, 15) is 13.2 Å². The van der Waals surface area contributed by atoms with Gasteiger partial charge in [-0.3, -0.25) is 10.3 Å². The van der Waals surface area contributed by atoms with Gasteiger partial charge in [-0.05, 0) is 19.1 Å². The Balaban J connectivity index is 2.47. The van der Waals surface area contributed by atoms with Crippen LogP contribution in [0.25, 0.3) is 0 Å². The summed E-state index contributed by atoms with van der Waals surface area (Å²) >= 11 is 0. The second-order valence-electron chi connectivity index (χ2n) is 4.09. The molecule has 110 valence electrons. The molecule has 1 aliphatic rings. The molecule has 4 nitrogen and oxygen atoms in total. The SMILES string of the molecule is C=C/C(=C\C=NCNC1C=CN=C(C)N1C)C(F)(F)F. The summed E-state index contributed by atoms with van der Waals surface area (Å²) < 4.78 is 37.1. The molecule has 0 bridgehead atoms. The smallest absolute Gasteiger partial charge is 0.344 e. The van der Waals surface area contributed by atoms with E-state index in [1.807, 2.05) is 24.9 Å². The van der Waals surface area contributed by atoms with E-state index in [2.05, 4.69) is 21.9 Å². The number of allylic oxidation sites excluding steroid dienone is 3. The van der Waals surface area contributed by atoms with Gasteiger partial charge in [-0.25, -0.2) is 4.99 Å². The van der Waals surface area contributed by atoms with E-state index < -0.39 is 11.7 Å². The fraction of sp³-hybridized carbons (Fsp3) is 0.385. The maximum absolute atomic E-state index is 12.4. The van der Waals surface area contributed by atoms with Crippen LogP contribution < -0.4 is 5.32 Å². The highest BCUT2D eigenvalue weighted by Crippen LogP contribution is 2.25. The molecule has 0 saturated carbocycles. The van der Waals surface area contributed by atoms with E-state index in [0.717, 1.165) is 24.2 Å². The maximum Gasteiger partial charge on any atom is 0.416 e. The number of likely N-dealkylation sites (N-methyl/N-ethyl adjacent to an activating group) is 1. The number of nitrogens with zero attached hydrogens (tertiary/aromatic N) is 3. The van der Waals surface area contributed by atoms with E-state index in [1.54, 1.807) is 6.20 Å². The first kappa shape index (κ1) is 16.2. The molecule has 1 N–H and O–H groups in total. The molecule has 0 spiro atoms. The van der Waals surface area contributed by atoms with Gasteiger partial charge in [0, 0.05) is 19.5 Å². The molecule has 0 aromatic rings. The summed E-state index contributed by atoms with van der Waals surface area (Å²) in [6.45, 7) is 5.19. The molecule has 1 atom stereocenters. The van der Waals surface area contributed by atoms with Crippen LogP contribution >= 0.6 is 0 Å². The van der Waals surface area contributed by atoms with Crippen molar-refractivity contribution in [1.29, 1.82) is 0 Å². The Hall–Kier alpha value is -1.89. The molecular formula is C13H17F3N4. The van der Waals surface area contributed by atoms with Crippen LogP contribution in [-0.4, -0.2) is 43.0 Å². The number of halogens is 3. The second-order valence-corrected chi connectivity index (χ2v) is 4.09. The summed E-state index contributed by atoms with van der Waals surface area (Å²) in [6.07, 6.45) is 1.81. The molecule has 0 aromatic heterocycles. The highest BCUT2D eigenvalue weighted by Gasteiger charge is 2.30. The lowest BCUT2D eigenvalue weighted by Crippen LogP contribution is -2.45. The molecule has 0 aromatic carbocycles. The van der Waals surface area contributed by atoms with Crippen molar-refractivity contribution in [1.82, 2.24) is 10.2 Å². The lowest BCUT2D eigenvalue weighted by molar-refractivity contribution is -0.0880. The lowest BCUT2D eigenvalue weighted by Gasteiger charge is -2.29. The quantitative estimate of drug-likeness (QED) is 0.623. The minimum absolute atomic E-state index is 0.0740. The van der Waals surface area contributed by atoms with Crippen molar-refractivity contribution < 1.29 is 13.2 Å². The van der Waals surface area contributed by atoms with Crippen LogP contribution in [0.4, 0.5) is 13.2 Å². The van der Waals surface area contributed by atoms with Gasteiger partial charge in [-0.15, -0.1) is 0 Å². The standard InChI is InChI=1S/C13H17F3N4/c1-4-11(13(14,15)16)5-7-17-9-19-12-6-8-18-10(2)20(12)3/h4-8,12,19H,1,9H2,2-3H3/b11-5+,17-7?. The molecule has 1 aliphatic heterocycles. The van der Waals surface area contributed by atoms with E-state index in [-0.39, 0.29) is 12.8 Å². The molecule has 0 fully saturated rings. The van der Waals surface area contributed by atoms with Crippen LogP contribution in [0.15, 0.2) is 46.6 Å². The molecule has 1 rings (SSSR count). The van der Waals surface area contributed by atoms with Gasteiger partial charge in [0.05, 0.1) is 12.2 Å². The van der Waals surface area contributed by atoms with Crippen LogP contribution in [-0.2, 0) is 0 Å². The predicted molar refractivity (Wildman–Crippen MR) is 74.6 cm³/mol. The fourth-order valence-corrected chi connectivity index (χ4v) is 1.47. The fourth-order valence-electron chi connectivity index (χ4n) is 1.47. The summed E-state index contributed by atoms with van der Waals surface area (Å²) in [5.41, 5.74) is -0.820. The molecule has 0 amide bonds. The van der Waals surface area contributed by atoms with Gasteiger partial charge in [0.25, 0.3) is 0 Å². The van der Waals surface area contributed by atoms with Crippen LogP contribution in [0.2, 0.25) is 0 Å². The topological polar surface area (TPSA) is 40.0 Å². The Morgan fingerprint density at radius 1 is 1.60 bits per heavy atom. The molecule has 1 heterocycles. The summed E-state index contributed by atoms with van der Waals surface area (Å²) in [7, 11) is 1.86. The predicted octanol–water partition coefficient (Wildman–Crippen LogP) is 2.48. The number of hydrogen-bond acceptors (Lipinski definition) is 4. The maximum atomic E-state index is 12.4. The summed E-state index contributed by atoms with van der Waals surface area (Å²) in [4.78, 5) is 9.87. The lowest BCUT2D eigenvalue weighted by atomic mass is 10.2. The number of hydrogen-bond donors (Lipinski definition) is 1. The monoisotopic (exact) mass is 286 g/mol. The zero-order chi connectivity index (χ0) is 15.2. The number of aliphatic imine (C=N–C) groups is 2. The highest BCUT2D eigenvalue weighted by atomic mass is 19.4. The van der Waals surface area contributed by atoms with Gasteiger partial charge in [0.2, 0.25) is 0 Å². The Kier molecular flexibility index (Phi) is 5.69. The van der Waals surface area contributed by atoms with Gasteiger partial charge < -0.3 is 4.90 Å². The minimum Gasteiger partial charge on any atom is -0.344 e. The van der Waals surface area contributed by atoms with E-state index >= 15 is 0 Å². The molecule has 1 unspecified atom stereocenters. The summed E-state index contributed by atoms with van der Waals surface area (Å²) in [5.74, 6) is 0.847. The summed E-state index contributed by atoms with van der Waals surface area (Å²) in [6, 6.07) is 0. The molecular weight excluding hydrogens is 269 g/mol. The molecule has 7 heteroatoms. The van der Waals surface area contributed by atoms with Crippen LogP contribution in [0, 0.1) is 0 Å². The Bertz CT molecular complexity index is 461. The van der Waals surface area contributed by atoms with Crippen molar-refractivity contribution in [3.63, 3.8) is 0 Å². The van der Waals surface area contributed by atoms with Crippen molar-refractivity contribution >= 4 is 12.1 Å².